The maximum atomic E-state index is 12.8. The summed E-state index contributed by atoms with van der Waals surface area (Å²) < 4.78 is 3.14. The average molecular weight is 355 g/mol. The molecule has 0 fully saturated rings. The lowest BCUT2D eigenvalue weighted by molar-refractivity contribution is -0.146. The number of hydrogen-bond donors (Lipinski definition) is 2. The minimum atomic E-state index is -0.999. The molecule has 2 atom stereocenters. The normalized spacial score (nSPS) is 19.3. The van der Waals surface area contributed by atoms with Gasteiger partial charge < -0.3 is 10.4 Å². The monoisotopic (exact) mass is 355 g/mol. The van der Waals surface area contributed by atoms with Crippen LogP contribution in [0.2, 0.25) is 0 Å². The van der Waals surface area contributed by atoms with Crippen molar-refractivity contribution in [3.05, 3.63) is 58.5 Å². The molecular weight excluding hydrogens is 334 g/mol. The number of carbonyl (C=O) groups is 2. The molecule has 2 aromatic rings. The second-order valence-corrected chi connectivity index (χ2v) is 6.42. The van der Waals surface area contributed by atoms with Crippen LogP contribution in [0.4, 0.5) is 5.69 Å². The van der Waals surface area contributed by atoms with E-state index in [1.807, 2.05) is 24.3 Å². The molecule has 0 unspecified atom stereocenters. The fraction of sp³-hybridized carbons (Fsp3) is 0.316. The number of carboxylic acid groups (broad SMARTS) is 1. The van der Waals surface area contributed by atoms with Crippen molar-refractivity contribution in [3.63, 3.8) is 0 Å². The van der Waals surface area contributed by atoms with E-state index in [2.05, 4.69) is 5.32 Å². The van der Waals surface area contributed by atoms with Crippen LogP contribution < -0.4 is 10.9 Å². The van der Waals surface area contributed by atoms with Crippen LogP contribution in [0.15, 0.2) is 47.3 Å². The van der Waals surface area contributed by atoms with E-state index in [9.17, 15) is 19.5 Å². The number of nitrogens with zero attached hydrogens (tertiary/aromatic N) is 2. The molecule has 2 N–H and O–H groups in total. The van der Waals surface area contributed by atoms with Gasteiger partial charge in [-0.1, -0.05) is 30.4 Å². The van der Waals surface area contributed by atoms with E-state index in [-0.39, 0.29) is 11.2 Å². The second-order valence-electron chi connectivity index (χ2n) is 6.42. The molecule has 136 valence electrons. The Balaban J connectivity index is 1.94. The lowest BCUT2D eigenvalue weighted by Gasteiger charge is -2.23. The summed E-state index contributed by atoms with van der Waals surface area (Å²) >= 11 is 0. The van der Waals surface area contributed by atoms with Crippen molar-refractivity contribution in [2.24, 2.45) is 18.9 Å². The van der Waals surface area contributed by atoms with Crippen molar-refractivity contribution in [2.75, 3.05) is 5.32 Å². The molecule has 7 heteroatoms. The van der Waals surface area contributed by atoms with Crippen LogP contribution >= 0.6 is 0 Å². The number of carboxylic acids is 1. The van der Waals surface area contributed by atoms with E-state index >= 15 is 0 Å². The van der Waals surface area contributed by atoms with Gasteiger partial charge >= 0.3 is 5.97 Å². The van der Waals surface area contributed by atoms with Crippen LogP contribution in [0.5, 0.6) is 0 Å². The molecule has 0 bridgehead atoms. The van der Waals surface area contributed by atoms with Crippen molar-refractivity contribution in [3.8, 4) is 5.69 Å². The average Bonchev–Trinajstić information content (AvgIpc) is 2.85. The van der Waals surface area contributed by atoms with Crippen LogP contribution in [0.25, 0.3) is 5.69 Å². The van der Waals surface area contributed by atoms with Crippen LogP contribution in [0.3, 0.4) is 0 Å². The van der Waals surface area contributed by atoms with E-state index in [4.69, 9.17) is 0 Å². The lowest BCUT2D eigenvalue weighted by atomic mass is 9.82. The highest BCUT2D eigenvalue weighted by Gasteiger charge is 2.34. The molecule has 0 spiro atoms. The third-order valence-electron chi connectivity index (χ3n) is 4.89. The van der Waals surface area contributed by atoms with Crippen molar-refractivity contribution in [2.45, 2.75) is 19.8 Å². The number of aromatic nitrogens is 2. The zero-order chi connectivity index (χ0) is 18.8. The Kier molecular flexibility index (Phi) is 4.79. The largest absolute Gasteiger partial charge is 0.481 e. The Bertz CT molecular complexity index is 924. The van der Waals surface area contributed by atoms with E-state index in [1.54, 1.807) is 36.9 Å². The summed E-state index contributed by atoms with van der Waals surface area (Å²) in [4.78, 5) is 36.9. The van der Waals surface area contributed by atoms with Gasteiger partial charge in [0, 0.05) is 7.05 Å². The minimum absolute atomic E-state index is 0.181. The van der Waals surface area contributed by atoms with Crippen molar-refractivity contribution in [1.29, 1.82) is 0 Å². The third kappa shape index (κ3) is 3.08. The van der Waals surface area contributed by atoms with Gasteiger partial charge in [-0.25, -0.2) is 4.68 Å². The summed E-state index contributed by atoms with van der Waals surface area (Å²) in [6.07, 6.45) is 4.25. The third-order valence-corrected chi connectivity index (χ3v) is 4.89. The van der Waals surface area contributed by atoms with Gasteiger partial charge in [0.05, 0.1) is 23.2 Å². The van der Waals surface area contributed by atoms with Gasteiger partial charge in [0.2, 0.25) is 5.91 Å². The van der Waals surface area contributed by atoms with Gasteiger partial charge in [-0.2, -0.15) is 0 Å². The fourth-order valence-electron chi connectivity index (χ4n) is 3.31. The van der Waals surface area contributed by atoms with Gasteiger partial charge in [0.25, 0.3) is 5.56 Å². The number of hydrogen-bond acceptors (Lipinski definition) is 3. The number of rotatable bonds is 4. The summed E-state index contributed by atoms with van der Waals surface area (Å²) in [6.45, 7) is 1.74. The fourth-order valence-corrected chi connectivity index (χ4v) is 3.31. The summed E-state index contributed by atoms with van der Waals surface area (Å²) in [6, 6.07) is 9.12. The maximum Gasteiger partial charge on any atom is 0.307 e. The van der Waals surface area contributed by atoms with Gasteiger partial charge in [-0.3, -0.25) is 19.1 Å². The number of amides is 1. The minimum Gasteiger partial charge on any atom is -0.481 e. The van der Waals surface area contributed by atoms with Crippen LogP contribution in [-0.4, -0.2) is 26.3 Å². The first-order valence-corrected chi connectivity index (χ1v) is 8.44. The van der Waals surface area contributed by atoms with E-state index in [1.165, 1.54) is 4.68 Å². The van der Waals surface area contributed by atoms with Gasteiger partial charge in [0.15, 0.2) is 0 Å². The Morgan fingerprint density at radius 3 is 2.35 bits per heavy atom. The van der Waals surface area contributed by atoms with E-state index in [0.29, 0.717) is 24.2 Å². The Labute approximate surface area is 150 Å². The highest BCUT2D eigenvalue weighted by atomic mass is 16.4. The van der Waals surface area contributed by atoms with Crippen LogP contribution in [0.1, 0.15) is 18.5 Å². The standard InChI is InChI=1S/C19H21N3O4/c1-12-16(18(24)22(21(12)2)13-8-4-3-5-9-13)20-17(23)14-10-6-7-11-15(14)19(25)26/h3-9,14-15H,10-11H2,1-2H3,(H,20,23)(H,25,26)/t14-,15+/m1/s1. The molecule has 1 aliphatic rings. The van der Waals surface area contributed by atoms with Crippen molar-refractivity contribution >= 4 is 17.6 Å². The molecule has 7 nitrogen and oxygen atoms in total. The van der Waals surface area contributed by atoms with E-state index in [0.717, 1.165) is 0 Å². The quantitative estimate of drug-likeness (QED) is 0.821. The molecule has 1 amide bonds. The number of carbonyl (C=O) groups excluding carboxylic acids is 1. The molecular formula is C19H21N3O4. The molecule has 0 saturated carbocycles. The van der Waals surface area contributed by atoms with Gasteiger partial charge in [0.1, 0.15) is 5.69 Å². The molecule has 0 aliphatic heterocycles. The number of allylic oxidation sites excluding steroid dienone is 2. The highest BCUT2D eigenvalue weighted by Crippen LogP contribution is 2.27. The number of aliphatic carboxylic acids is 1. The van der Waals surface area contributed by atoms with Crippen molar-refractivity contribution in [1.82, 2.24) is 9.36 Å². The Hall–Kier alpha value is -3.09. The lowest BCUT2D eigenvalue weighted by Crippen LogP contribution is -2.35. The van der Waals surface area contributed by atoms with Crippen molar-refractivity contribution < 1.29 is 14.7 Å². The summed E-state index contributed by atoms with van der Waals surface area (Å²) in [5, 5.41) is 12.0. The highest BCUT2D eigenvalue weighted by molar-refractivity contribution is 5.95. The number of benzene rings is 1. The van der Waals surface area contributed by atoms with Crippen LogP contribution in [0, 0.1) is 18.8 Å². The number of anilines is 1. The first-order chi connectivity index (χ1) is 12.4. The van der Waals surface area contributed by atoms with E-state index < -0.39 is 23.7 Å². The molecule has 3 rings (SSSR count). The number of para-hydroxylation sites is 1. The summed E-state index contributed by atoms with van der Waals surface area (Å²) in [5.74, 6) is -2.91. The summed E-state index contributed by atoms with van der Waals surface area (Å²) in [7, 11) is 1.74. The van der Waals surface area contributed by atoms with Crippen LogP contribution in [-0.2, 0) is 16.6 Å². The predicted octanol–water partition coefficient (Wildman–Crippen LogP) is 2.09. The zero-order valence-electron chi connectivity index (χ0n) is 14.7. The SMILES string of the molecule is Cc1c(NC(=O)[C@@H]2CC=CC[C@@H]2C(=O)O)c(=O)n(-c2ccccc2)n1C. The first-order valence-electron chi connectivity index (χ1n) is 8.44. The molecule has 1 aromatic carbocycles. The molecule has 0 radical (unpaired) electrons. The molecule has 1 aliphatic carbocycles. The Morgan fingerprint density at radius 1 is 1.12 bits per heavy atom. The zero-order valence-corrected chi connectivity index (χ0v) is 14.7. The molecule has 0 saturated heterocycles. The topological polar surface area (TPSA) is 93.3 Å². The second kappa shape index (κ2) is 7.03. The van der Waals surface area contributed by atoms with Gasteiger partial charge in [-0.15, -0.1) is 0 Å². The molecule has 1 aromatic heterocycles. The summed E-state index contributed by atoms with van der Waals surface area (Å²) in [5.41, 5.74) is 1.13. The first kappa shape index (κ1) is 17.7. The smallest absolute Gasteiger partial charge is 0.307 e. The number of nitrogens with one attached hydrogen (secondary N) is 1. The molecule has 26 heavy (non-hydrogen) atoms. The van der Waals surface area contributed by atoms with Gasteiger partial charge in [-0.05, 0) is 31.9 Å². The Morgan fingerprint density at radius 2 is 1.73 bits per heavy atom. The predicted molar refractivity (Wildman–Crippen MR) is 97.4 cm³/mol. The maximum absolute atomic E-state index is 12.8. The molecule has 1 heterocycles.